The van der Waals surface area contributed by atoms with Crippen LogP contribution in [-0.2, 0) is 13.1 Å². The number of pyridine rings is 1. The van der Waals surface area contributed by atoms with Crippen molar-refractivity contribution in [2.24, 2.45) is 29.6 Å². The molecular formula is C37H40N8O2. The topological polar surface area (TPSA) is 94.2 Å². The number of nitrogens with zero attached hydrogens (tertiary/aromatic N) is 8. The number of methoxy groups -OCH3 is 1. The van der Waals surface area contributed by atoms with Crippen LogP contribution in [0.2, 0.25) is 0 Å². The molecule has 3 unspecified atom stereocenters. The Balaban J connectivity index is 1.08. The molecular weight excluding hydrogens is 588 g/mol. The summed E-state index contributed by atoms with van der Waals surface area (Å²) in [6, 6.07) is 12.8. The van der Waals surface area contributed by atoms with E-state index in [0.29, 0.717) is 35.1 Å². The molecule has 5 atom stereocenters. The molecule has 6 heterocycles. The van der Waals surface area contributed by atoms with Crippen LogP contribution in [0.25, 0.3) is 33.6 Å². The van der Waals surface area contributed by atoms with E-state index in [1.54, 1.807) is 7.11 Å². The van der Waals surface area contributed by atoms with Gasteiger partial charge in [0.15, 0.2) is 5.82 Å². The third-order valence-electron chi connectivity index (χ3n) is 11.9. The number of carbonyl (C=O) groups excluding carboxylic acids is 1. The van der Waals surface area contributed by atoms with Crippen LogP contribution in [0.4, 0.5) is 5.82 Å². The summed E-state index contributed by atoms with van der Waals surface area (Å²) in [7, 11) is 1.72. The second-order valence-electron chi connectivity index (χ2n) is 14.7. The van der Waals surface area contributed by atoms with Gasteiger partial charge in [-0.25, -0.2) is 19.9 Å². The lowest BCUT2D eigenvalue weighted by Crippen LogP contribution is -2.53. The molecule has 5 fully saturated rings. The maximum atomic E-state index is 14.1. The Hall–Kier alpha value is -4.47. The average Bonchev–Trinajstić information content (AvgIpc) is 3.46. The van der Waals surface area contributed by atoms with Crippen LogP contribution in [0.1, 0.15) is 48.3 Å². The molecule has 1 aromatic carbocycles. The lowest BCUT2D eigenvalue weighted by molar-refractivity contribution is -0.0204. The number of aromatic nitrogens is 6. The summed E-state index contributed by atoms with van der Waals surface area (Å²) in [6.45, 7) is 6.41. The lowest BCUT2D eigenvalue weighted by Gasteiger charge is -2.52. The molecule has 47 heavy (non-hydrogen) atoms. The first kappa shape index (κ1) is 27.6. The molecule has 0 spiro atoms. The quantitative estimate of drug-likeness (QED) is 0.222. The molecule has 5 aliphatic rings. The third-order valence-corrected chi connectivity index (χ3v) is 11.9. The second kappa shape index (κ2) is 10.3. The highest BCUT2D eigenvalue weighted by molar-refractivity contribution is 6.00. The zero-order chi connectivity index (χ0) is 31.4. The first-order valence-electron chi connectivity index (χ1n) is 17.4. The van der Waals surface area contributed by atoms with Gasteiger partial charge in [-0.3, -0.25) is 4.79 Å². The van der Waals surface area contributed by atoms with Gasteiger partial charge >= 0.3 is 0 Å². The number of aryl methyl sites for hydroxylation is 1. The maximum Gasteiger partial charge on any atom is 0.254 e. The minimum atomic E-state index is 0.123. The van der Waals surface area contributed by atoms with Gasteiger partial charge in [0.05, 0.1) is 18.3 Å². The third kappa shape index (κ3) is 4.32. The van der Waals surface area contributed by atoms with Gasteiger partial charge in [0.1, 0.15) is 28.6 Å². The SMILES string of the molecule is COc1cc(C(=O)N2CC3CC4CC2[C@H]43)cc2nc(-c3cc4cccnc4n3CC3CC3)n(C[C@H]3CCN(c4ccnc(C)n4)C3)c12. The monoisotopic (exact) mass is 628 g/mol. The summed E-state index contributed by atoms with van der Waals surface area (Å²) in [5.74, 6) is 6.86. The lowest BCUT2D eigenvalue weighted by atomic mass is 9.53. The first-order valence-corrected chi connectivity index (χ1v) is 17.4. The Bertz CT molecular complexity index is 2060. The minimum Gasteiger partial charge on any atom is -0.494 e. The Kier molecular flexibility index (Phi) is 6.03. The Morgan fingerprint density at radius 2 is 1.83 bits per heavy atom. The zero-order valence-corrected chi connectivity index (χ0v) is 27.0. The largest absolute Gasteiger partial charge is 0.494 e. The molecule has 3 aliphatic carbocycles. The highest BCUT2D eigenvalue weighted by atomic mass is 16.5. The van der Waals surface area contributed by atoms with Gasteiger partial charge in [0.2, 0.25) is 0 Å². The van der Waals surface area contributed by atoms with Crippen molar-refractivity contribution < 1.29 is 9.53 Å². The molecule has 240 valence electrons. The van der Waals surface area contributed by atoms with Crippen molar-refractivity contribution in [3.63, 3.8) is 0 Å². The van der Waals surface area contributed by atoms with E-state index in [1.807, 2.05) is 43.6 Å². The molecule has 10 rings (SSSR count). The fourth-order valence-electron chi connectivity index (χ4n) is 9.33. The van der Waals surface area contributed by atoms with Crippen molar-refractivity contribution in [2.45, 2.75) is 58.2 Å². The summed E-state index contributed by atoms with van der Waals surface area (Å²) >= 11 is 0. The zero-order valence-electron chi connectivity index (χ0n) is 27.0. The molecule has 10 nitrogen and oxygen atoms in total. The van der Waals surface area contributed by atoms with Crippen molar-refractivity contribution >= 4 is 33.8 Å². The van der Waals surface area contributed by atoms with Crippen molar-refractivity contribution in [3.8, 4) is 17.3 Å². The van der Waals surface area contributed by atoms with E-state index < -0.39 is 0 Å². The van der Waals surface area contributed by atoms with Gasteiger partial charge in [0, 0.05) is 62.1 Å². The van der Waals surface area contributed by atoms with Crippen LogP contribution in [0.15, 0.2) is 48.8 Å². The number of ether oxygens (including phenoxy) is 1. The van der Waals surface area contributed by atoms with Gasteiger partial charge in [-0.2, -0.15) is 0 Å². The highest BCUT2D eigenvalue weighted by Gasteiger charge is 2.61. The molecule has 0 bridgehead atoms. The number of imidazole rings is 1. The molecule has 3 saturated carbocycles. The Morgan fingerprint density at radius 1 is 0.936 bits per heavy atom. The molecule has 5 aromatic rings. The van der Waals surface area contributed by atoms with Crippen molar-refractivity contribution in [3.05, 3.63) is 60.2 Å². The molecule has 4 aromatic heterocycles. The summed E-state index contributed by atoms with van der Waals surface area (Å²) in [4.78, 5) is 37.8. The number of fused-ring (bicyclic) bond motifs is 2. The normalized spacial score (nSPS) is 26.1. The number of hydrogen-bond acceptors (Lipinski definition) is 7. The summed E-state index contributed by atoms with van der Waals surface area (Å²) in [5.41, 5.74) is 4.53. The van der Waals surface area contributed by atoms with E-state index in [-0.39, 0.29) is 5.91 Å². The minimum absolute atomic E-state index is 0.123. The van der Waals surface area contributed by atoms with Gasteiger partial charge in [-0.1, -0.05) is 0 Å². The predicted octanol–water partition coefficient (Wildman–Crippen LogP) is 5.58. The summed E-state index contributed by atoms with van der Waals surface area (Å²) in [5, 5.41) is 1.12. The number of likely N-dealkylation sites (tertiary alicyclic amines) is 1. The van der Waals surface area contributed by atoms with Crippen LogP contribution in [0, 0.1) is 36.5 Å². The average molecular weight is 629 g/mol. The van der Waals surface area contributed by atoms with Crippen molar-refractivity contribution in [1.82, 2.24) is 34.0 Å². The predicted molar refractivity (Wildman–Crippen MR) is 179 cm³/mol. The summed E-state index contributed by atoms with van der Waals surface area (Å²) < 4.78 is 10.9. The Morgan fingerprint density at radius 3 is 2.64 bits per heavy atom. The smallest absolute Gasteiger partial charge is 0.254 e. The van der Waals surface area contributed by atoms with Gasteiger partial charge in [-0.15, -0.1) is 0 Å². The number of rotatable bonds is 8. The first-order chi connectivity index (χ1) is 23.0. The van der Waals surface area contributed by atoms with E-state index in [0.717, 1.165) is 103 Å². The van der Waals surface area contributed by atoms with Crippen LogP contribution in [0.3, 0.4) is 0 Å². The van der Waals surface area contributed by atoms with E-state index in [1.165, 1.54) is 19.3 Å². The highest BCUT2D eigenvalue weighted by Crippen LogP contribution is 2.60. The molecule has 0 N–H and O–H groups in total. The fraction of sp³-hybridized carbons (Fsp3) is 0.486. The molecule has 2 saturated heterocycles. The van der Waals surface area contributed by atoms with E-state index in [9.17, 15) is 4.79 Å². The van der Waals surface area contributed by atoms with Crippen molar-refractivity contribution in [2.75, 3.05) is 31.6 Å². The standard InChI is InChI=1S/C37H40N8O2/c1-21-38-10-7-32(40-21)42-11-8-23(17-42)19-45-34-28(41-36(45)30-14-24-4-3-9-39-35(24)43(30)18-22-5-6-22)13-26(16-31(34)47-2)37(46)44-20-27-12-25-15-29(44)33(25)27/h3-4,7,9-10,13-14,16,22-23,25,27,29,33H,5-6,8,11-12,15,17-20H2,1-2H3/t23-,25?,27?,29?,33+/m0/s1. The number of benzene rings is 1. The second-order valence-corrected chi connectivity index (χ2v) is 14.7. The van der Waals surface area contributed by atoms with E-state index >= 15 is 0 Å². The van der Waals surface area contributed by atoms with E-state index in [4.69, 9.17) is 19.7 Å². The Labute approximate surface area is 273 Å². The fourth-order valence-corrected chi connectivity index (χ4v) is 9.33. The molecule has 1 amide bonds. The van der Waals surface area contributed by atoms with Gasteiger partial charge in [0.25, 0.3) is 5.91 Å². The van der Waals surface area contributed by atoms with Crippen LogP contribution in [-0.4, -0.2) is 72.7 Å². The molecule has 0 radical (unpaired) electrons. The molecule has 10 heteroatoms. The van der Waals surface area contributed by atoms with Gasteiger partial charge < -0.3 is 23.7 Å². The number of anilines is 1. The van der Waals surface area contributed by atoms with Gasteiger partial charge in [-0.05, 0) is 105 Å². The number of carbonyl (C=O) groups is 1. The molecule has 2 aliphatic heterocycles. The van der Waals surface area contributed by atoms with Crippen LogP contribution < -0.4 is 9.64 Å². The van der Waals surface area contributed by atoms with Crippen LogP contribution in [0.5, 0.6) is 5.75 Å². The van der Waals surface area contributed by atoms with Crippen LogP contribution >= 0.6 is 0 Å². The van der Waals surface area contributed by atoms with E-state index in [2.05, 4.69) is 36.1 Å². The van der Waals surface area contributed by atoms with Crippen molar-refractivity contribution in [1.29, 1.82) is 0 Å². The summed E-state index contributed by atoms with van der Waals surface area (Å²) in [6.07, 6.45) is 9.74. The maximum absolute atomic E-state index is 14.1. The number of hydrogen-bond donors (Lipinski definition) is 0. The number of amides is 1.